The number of hydrogen-bond acceptors (Lipinski definition) is 6. The van der Waals surface area contributed by atoms with Crippen LogP contribution >= 0.6 is 27.5 Å². The van der Waals surface area contributed by atoms with E-state index in [0.29, 0.717) is 47.1 Å². The molecular weight excluding hydrogens is 496 g/mol. The first kappa shape index (κ1) is 22.3. The Kier molecular flexibility index (Phi) is 6.45. The van der Waals surface area contributed by atoms with Crippen LogP contribution in [-0.2, 0) is 16.1 Å². The molecule has 1 aliphatic carbocycles. The van der Waals surface area contributed by atoms with Crippen molar-refractivity contribution in [1.29, 1.82) is 5.26 Å². The number of nitrogens with two attached hydrogens (primary N) is 1. The lowest BCUT2D eigenvalue weighted by Crippen LogP contribution is -2.27. The summed E-state index contributed by atoms with van der Waals surface area (Å²) in [6.45, 7) is 0.210. The second-order valence-electron chi connectivity index (χ2n) is 7.47. The summed E-state index contributed by atoms with van der Waals surface area (Å²) in [7, 11) is 1.58. The Labute approximate surface area is 199 Å². The summed E-state index contributed by atoms with van der Waals surface area (Å²) >= 11 is 9.45. The van der Waals surface area contributed by atoms with Crippen LogP contribution < -0.4 is 15.2 Å². The summed E-state index contributed by atoms with van der Waals surface area (Å²) < 4.78 is 17.9. The summed E-state index contributed by atoms with van der Waals surface area (Å²) in [6.07, 6.45) is 1.75. The zero-order valence-electron chi connectivity index (χ0n) is 17.3. The maximum atomic E-state index is 12.8. The molecule has 1 atom stereocenters. The lowest BCUT2D eigenvalue weighted by molar-refractivity contribution is -0.116. The van der Waals surface area contributed by atoms with E-state index >= 15 is 0 Å². The fourth-order valence-electron chi connectivity index (χ4n) is 4.03. The molecule has 0 unspecified atom stereocenters. The number of allylic oxidation sites excluding steroid dienone is 3. The van der Waals surface area contributed by atoms with Gasteiger partial charge in [-0.15, -0.1) is 0 Å². The van der Waals surface area contributed by atoms with Gasteiger partial charge in [0.25, 0.3) is 0 Å². The maximum absolute atomic E-state index is 12.8. The van der Waals surface area contributed by atoms with Gasteiger partial charge in [-0.1, -0.05) is 17.7 Å². The third kappa shape index (κ3) is 4.21. The largest absolute Gasteiger partial charge is 0.496 e. The van der Waals surface area contributed by atoms with E-state index in [1.807, 2.05) is 12.1 Å². The molecule has 0 amide bonds. The lowest BCUT2D eigenvalue weighted by atomic mass is 9.77. The highest BCUT2D eigenvalue weighted by Gasteiger charge is 2.38. The third-order valence-corrected chi connectivity index (χ3v) is 6.37. The summed E-state index contributed by atoms with van der Waals surface area (Å²) in [5, 5.41) is 10.4. The Hall–Kier alpha value is -2.95. The molecular formula is C24H20BrClN2O4. The normalized spacial score (nSPS) is 18.1. The zero-order chi connectivity index (χ0) is 22.8. The van der Waals surface area contributed by atoms with E-state index < -0.39 is 5.92 Å². The fourth-order valence-corrected chi connectivity index (χ4v) is 4.83. The van der Waals surface area contributed by atoms with Crippen molar-refractivity contribution in [2.75, 3.05) is 7.11 Å². The van der Waals surface area contributed by atoms with Gasteiger partial charge < -0.3 is 19.9 Å². The molecule has 0 radical (unpaired) electrons. The predicted molar refractivity (Wildman–Crippen MR) is 123 cm³/mol. The first-order valence-electron chi connectivity index (χ1n) is 10.0. The quantitative estimate of drug-likeness (QED) is 0.565. The summed E-state index contributed by atoms with van der Waals surface area (Å²) in [5.74, 6) is 1.26. The van der Waals surface area contributed by atoms with Crippen LogP contribution in [0, 0.1) is 11.3 Å². The van der Waals surface area contributed by atoms with Gasteiger partial charge in [-0.3, -0.25) is 4.79 Å². The number of halogens is 2. The van der Waals surface area contributed by atoms with Gasteiger partial charge in [0.15, 0.2) is 5.78 Å². The van der Waals surface area contributed by atoms with E-state index in [-0.39, 0.29) is 23.8 Å². The molecule has 0 bridgehead atoms. The first-order valence-corrected chi connectivity index (χ1v) is 11.2. The van der Waals surface area contributed by atoms with Crippen molar-refractivity contribution in [2.45, 2.75) is 31.8 Å². The molecule has 2 N–H and O–H groups in total. The molecule has 2 aromatic carbocycles. The number of carbonyl (C=O) groups is 1. The Morgan fingerprint density at radius 2 is 2.03 bits per heavy atom. The smallest absolute Gasteiger partial charge is 0.205 e. The Balaban J connectivity index is 1.73. The Morgan fingerprint density at radius 1 is 1.25 bits per heavy atom. The van der Waals surface area contributed by atoms with Gasteiger partial charge in [-0.2, -0.15) is 5.26 Å². The van der Waals surface area contributed by atoms with Gasteiger partial charge in [-0.25, -0.2) is 0 Å². The van der Waals surface area contributed by atoms with Crippen molar-refractivity contribution in [3.8, 4) is 17.6 Å². The van der Waals surface area contributed by atoms with Gasteiger partial charge in [0, 0.05) is 29.0 Å². The number of ketones is 1. The van der Waals surface area contributed by atoms with Crippen LogP contribution in [0.25, 0.3) is 0 Å². The molecule has 2 aromatic rings. The van der Waals surface area contributed by atoms with Crippen LogP contribution in [0.2, 0.25) is 5.02 Å². The average molecular weight is 516 g/mol. The number of ether oxygens (including phenoxy) is 3. The van der Waals surface area contributed by atoms with Crippen molar-refractivity contribution in [3.63, 3.8) is 0 Å². The van der Waals surface area contributed by atoms with Crippen molar-refractivity contribution in [3.05, 3.63) is 79.8 Å². The first-order chi connectivity index (χ1) is 15.4. The molecule has 0 fully saturated rings. The SMILES string of the molecule is COc1ccc([C@@H]2C(C#N)=C(N)OC3=C2C(=O)CCC3)cc1COc1ccc(Cl)cc1Br. The number of methoxy groups -OCH3 is 1. The third-order valence-electron chi connectivity index (χ3n) is 5.52. The molecule has 1 aliphatic heterocycles. The van der Waals surface area contributed by atoms with Crippen molar-refractivity contribution in [1.82, 2.24) is 0 Å². The van der Waals surface area contributed by atoms with Crippen LogP contribution in [0.4, 0.5) is 0 Å². The minimum Gasteiger partial charge on any atom is -0.496 e. The van der Waals surface area contributed by atoms with Gasteiger partial charge in [0.1, 0.15) is 35.5 Å². The highest BCUT2D eigenvalue weighted by atomic mass is 79.9. The van der Waals surface area contributed by atoms with E-state index in [1.54, 1.807) is 31.4 Å². The number of Topliss-reactive ketones (excluding diaryl/α,β-unsaturated/α-hetero) is 1. The number of hydrogen-bond donors (Lipinski definition) is 1. The van der Waals surface area contributed by atoms with Crippen LogP contribution in [0.1, 0.15) is 36.3 Å². The monoisotopic (exact) mass is 514 g/mol. The van der Waals surface area contributed by atoms with Gasteiger partial charge in [-0.05, 0) is 58.2 Å². The standard InChI is InChI=1S/C24H20BrClN2O4/c1-30-19-7-5-13(9-14(19)12-31-20-8-6-15(26)10-17(20)25)22-16(11-27)24(28)32-21-4-2-3-18(29)23(21)22/h5-10,22H,2-4,12,28H2,1H3/t22-/m1/s1. The van der Waals surface area contributed by atoms with E-state index in [2.05, 4.69) is 22.0 Å². The average Bonchev–Trinajstić information content (AvgIpc) is 2.77. The lowest BCUT2D eigenvalue weighted by Gasteiger charge is -2.31. The summed E-state index contributed by atoms with van der Waals surface area (Å²) in [4.78, 5) is 12.8. The summed E-state index contributed by atoms with van der Waals surface area (Å²) in [5.41, 5.74) is 8.32. The zero-order valence-corrected chi connectivity index (χ0v) is 19.6. The van der Waals surface area contributed by atoms with E-state index in [1.165, 1.54) is 0 Å². The summed E-state index contributed by atoms with van der Waals surface area (Å²) in [6, 6.07) is 12.9. The van der Waals surface area contributed by atoms with Crippen LogP contribution in [-0.4, -0.2) is 12.9 Å². The molecule has 164 valence electrons. The Bertz CT molecular complexity index is 1200. The minimum atomic E-state index is -0.580. The predicted octanol–water partition coefficient (Wildman–Crippen LogP) is 5.50. The molecule has 4 rings (SSSR count). The van der Waals surface area contributed by atoms with Crippen LogP contribution in [0.5, 0.6) is 11.5 Å². The van der Waals surface area contributed by atoms with Gasteiger partial charge in [0.2, 0.25) is 5.88 Å². The molecule has 0 saturated carbocycles. The number of nitriles is 1. The molecule has 32 heavy (non-hydrogen) atoms. The molecule has 0 aromatic heterocycles. The second kappa shape index (κ2) is 9.27. The molecule has 2 aliphatic rings. The second-order valence-corrected chi connectivity index (χ2v) is 8.76. The highest BCUT2D eigenvalue weighted by molar-refractivity contribution is 9.10. The highest BCUT2D eigenvalue weighted by Crippen LogP contribution is 2.44. The number of rotatable bonds is 5. The molecule has 1 heterocycles. The number of benzene rings is 2. The topological polar surface area (TPSA) is 94.6 Å². The van der Waals surface area contributed by atoms with Crippen LogP contribution in [0.3, 0.4) is 0 Å². The van der Waals surface area contributed by atoms with E-state index in [9.17, 15) is 10.1 Å². The minimum absolute atomic E-state index is 0.0183. The van der Waals surface area contributed by atoms with Gasteiger partial charge >= 0.3 is 0 Å². The number of nitrogens with zero attached hydrogens (tertiary/aromatic N) is 1. The van der Waals surface area contributed by atoms with Crippen molar-refractivity contribution >= 4 is 33.3 Å². The molecule has 0 spiro atoms. The Morgan fingerprint density at radius 3 is 2.75 bits per heavy atom. The van der Waals surface area contributed by atoms with E-state index in [4.69, 9.17) is 31.5 Å². The van der Waals surface area contributed by atoms with Crippen LogP contribution in [0.15, 0.2) is 63.7 Å². The van der Waals surface area contributed by atoms with E-state index in [0.717, 1.165) is 15.6 Å². The van der Waals surface area contributed by atoms with Crippen molar-refractivity contribution in [2.24, 2.45) is 5.73 Å². The van der Waals surface area contributed by atoms with Gasteiger partial charge in [0.05, 0.1) is 17.5 Å². The fraction of sp³-hybridized carbons (Fsp3) is 0.250. The molecule has 0 saturated heterocycles. The number of carbonyl (C=O) groups excluding carboxylic acids is 1. The maximum Gasteiger partial charge on any atom is 0.205 e. The van der Waals surface area contributed by atoms with Crippen molar-refractivity contribution < 1.29 is 19.0 Å². The molecule has 8 heteroatoms. The molecule has 6 nitrogen and oxygen atoms in total.